The highest BCUT2D eigenvalue weighted by Crippen LogP contribution is 2.32. The first-order valence-electron chi connectivity index (χ1n) is 6.26. The monoisotopic (exact) mass is 279 g/mol. The van der Waals surface area contributed by atoms with Crippen molar-refractivity contribution in [2.24, 2.45) is 0 Å². The van der Waals surface area contributed by atoms with Gasteiger partial charge in [-0.25, -0.2) is 0 Å². The molecule has 2 rings (SSSR count). The van der Waals surface area contributed by atoms with Gasteiger partial charge in [0, 0.05) is 14.8 Å². The molecule has 0 spiro atoms. The summed E-state index contributed by atoms with van der Waals surface area (Å²) in [5, 5.41) is 4.41. The van der Waals surface area contributed by atoms with Gasteiger partial charge in [-0.15, -0.1) is 11.3 Å². The van der Waals surface area contributed by atoms with E-state index in [1.54, 1.807) is 0 Å². The standard InChI is InChI=1S/C15H18ClNS/c1-3-10-17-15(14-9-8-11(2)18-14)12-6-4-5-7-13(12)16/h4-9,15,17H,3,10H2,1-2H3. The summed E-state index contributed by atoms with van der Waals surface area (Å²) in [7, 11) is 0. The summed E-state index contributed by atoms with van der Waals surface area (Å²) >= 11 is 8.15. The molecule has 96 valence electrons. The smallest absolute Gasteiger partial charge is 0.0685 e. The van der Waals surface area contributed by atoms with Gasteiger partial charge in [0.15, 0.2) is 0 Å². The lowest BCUT2D eigenvalue weighted by molar-refractivity contribution is 0.606. The van der Waals surface area contributed by atoms with E-state index >= 15 is 0 Å². The molecule has 0 saturated heterocycles. The molecular weight excluding hydrogens is 262 g/mol. The third-order valence-electron chi connectivity index (χ3n) is 2.86. The van der Waals surface area contributed by atoms with Crippen LogP contribution in [0.25, 0.3) is 0 Å². The molecule has 0 amide bonds. The molecule has 0 fully saturated rings. The predicted molar refractivity (Wildman–Crippen MR) is 80.6 cm³/mol. The minimum absolute atomic E-state index is 0.206. The summed E-state index contributed by atoms with van der Waals surface area (Å²) < 4.78 is 0. The maximum atomic E-state index is 6.32. The van der Waals surface area contributed by atoms with Crippen molar-refractivity contribution < 1.29 is 0 Å². The van der Waals surface area contributed by atoms with Crippen molar-refractivity contribution in [2.75, 3.05) is 6.54 Å². The van der Waals surface area contributed by atoms with Gasteiger partial charge in [-0.05, 0) is 43.7 Å². The van der Waals surface area contributed by atoms with E-state index in [9.17, 15) is 0 Å². The van der Waals surface area contributed by atoms with Crippen LogP contribution in [0, 0.1) is 6.92 Å². The van der Waals surface area contributed by atoms with E-state index in [0.29, 0.717) is 0 Å². The second-order valence-corrected chi connectivity index (χ2v) is 6.08. The molecule has 0 aliphatic rings. The fraction of sp³-hybridized carbons (Fsp3) is 0.333. The van der Waals surface area contributed by atoms with Crippen molar-refractivity contribution in [3.8, 4) is 0 Å². The number of aryl methyl sites for hydroxylation is 1. The average Bonchev–Trinajstić information content (AvgIpc) is 2.78. The SMILES string of the molecule is CCCNC(c1ccc(C)s1)c1ccccc1Cl. The molecule has 0 aliphatic carbocycles. The summed E-state index contributed by atoms with van der Waals surface area (Å²) in [5.74, 6) is 0. The van der Waals surface area contributed by atoms with E-state index in [4.69, 9.17) is 11.6 Å². The number of nitrogens with one attached hydrogen (secondary N) is 1. The summed E-state index contributed by atoms with van der Waals surface area (Å²) in [6.07, 6.45) is 1.12. The average molecular weight is 280 g/mol. The first-order valence-corrected chi connectivity index (χ1v) is 7.46. The zero-order valence-corrected chi connectivity index (χ0v) is 12.3. The van der Waals surface area contributed by atoms with Crippen LogP contribution in [0.4, 0.5) is 0 Å². The Hall–Kier alpha value is -0.830. The molecule has 1 atom stereocenters. The first kappa shape index (κ1) is 13.6. The van der Waals surface area contributed by atoms with Crippen LogP contribution >= 0.6 is 22.9 Å². The topological polar surface area (TPSA) is 12.0 Å². The van der Waals surface area contributed by atoms with Crippen molar-refractivity contribution in [3.63, 3.8) is 0 Å². The second kappa shape index (κ2) is 6.37. The molecule has 0 saturated carbocycles. The Balaban J connectivity index is 2.33. The summed E-state index contributed by atoms with van der Waals surface area (Å²) in [4.78, 5) is 2.66. The molecule has 1 aromatic carbocycles. The summed E-state index contributed by atoms with van der Waals surface area (Å²) in [6, 6.07) is 12.6. The normalized spacial score (nSPS) is 12.6. The molecule has 0 bridgehead atoms. The molecule has 1 unspecified atom stereocenters. The molecule has 1 N–H and O–H groups in total. The van der Waals surface area contributed by atoms with Gasteiger partial charge < -0.3 is 5.32 Å². The van der Waals surface area contributed by atoms with E-state index in [2.05, 4.69) is 37.4 Å². The first-order chi connectivity index (χ1) is 8.72. The molecule has 3 heteroatoms. The van der Waals surface area contributed by atoms with Crippen molar-refractivity contribution in [1.82, 2.24) is 5.32 Å². The number of halogens is 1. The van der Waals surface area contributed by atoms with Crippen molar-refractivity contribution >= 4 is 22.9 Å². The van der Waals surface area contributed by atoms with Gasteiger partial charge in [-0.2, -0.15) is 0 Å². The molecular formula is C15H18ClNS. The van der Waals surface area contributed by atoms with Crippen LogP contribution in [0.3, 0.4) is 0 Å². The molecule has 1 nitrogen and oxygen atoms in total. The minimum atomic E-state index is 0.206. The van der Waals surface area contributed by atoms with Crippen LogP contribution in [0.5, 0.6) is 0 Å². The highest BCUT2D eigenvalue weighted by atomic mass is 35.5. The van der Waals surface area contributed by atoms with E-state index < -0.39 is 0 Å². The quantitative estimate of drug-likeness (QED) is 0.829. The predicted octanol–water partition coefficient (Wildman–Crippen LogP) is 4.80. The third kappa shape index (κ3) is 3.14. The highest BCUT2D eigenvalue weighted by Gasteiger charge is 2.17. The lowest BCUT2D eigenvalue weighted by Crippen LogP contribution is -2.22. The Kier molecular flexibility index (Phi) is 4.81. The summed E-state index contributed by atoms with van der Waals surface area (Å²) in [6.45, 7) is 5.31. The molecule has 1 heterocycles. The van der Waals surface area contributed by atoms with Gasteiger partial charge in [0.25, 0.3) is 0 Å². The lowest BCUT2D eigenvalue weighted by Gasteiger charge is -2.19. The van der Waals surface area contributed by atoms with Crippen molar-refractivity contribution in [1.29, 1.82) is 0 Å². The Morgan fingerprint density at radius 2 is 2.00 bits per heavy atom. The van der Waals surface area contributed by atoms with Crippen LogP contribution < -0.4 is 5.32 Å². The lowest BCUT2D eigenvalue weighted by atomic mass is 10.1. The Morgan fingerprint density at radius 3 is 2.61 bits per heavy atom. The maximum Gasteiger partial charge on any atom is 0.0685 e. The van der Waals surface area contributed by atoms with Crippen LogP contribution in [-0.4, -0.2) is 6.54 Å². The van der Waals surface area contributed by atoms with Gasteiger partial charge >= 0.3 is 0 Å². The van der Waals surface area contributed by atoms with E-state index in [-0.39, 0.29) is 6.04 Å². The number of rotatable bonds is 5. The van der Waals surface area contributed by atoms with Crippen LogP contribution in [0.1, 0.15) is 34.7 Å². The highest BCUT2D eigenvalue weighted by molar-refractivity contribution is 7.12. The van der Waals surface area contributed by atoms with Crippen LogP contribution in [0.15, 0.2) is 36.4 Å². The van der Waals surface area contributed by atoms with Crippen molar-refractivity contribution in [2.45, 2.75) is 26.3 Å². The zero-order chi connectivity index (χ0) is 13.0. The zero-order valence-electron chi connectivity index (χ0n) is 10.7. The molecule has 1 aromatic heterocycles. The number of hydrogen-bond donors (Lipinski definition) is 1. The fourth-order valence-electron chi connectivity index (χ4n) is 1.97. The van der Waals surface area contributed by atoms with Crippen LogP contribution in [0.2, 0.25) is 5.02 Å². The van der Waals surface area contributed by atoms with Gasteiger partial charge in [-0.3, -0.25) is 0 Å². The van der Waals surface area contributed by atoms with E-state index in [0.717, 1.165) is 23.6 Å². The Morgan fingerprint density at radius 1 is 1.22 bits per heavy atom. The van der Waals surface area contributed by atoms with Gasteiger partial charge in [0.1, 0.15) is 0 Å². The Bertz CT molecular complexity index is 507. The fourth-order valence-corrected chi connectivity index (χ4v) is 3.19. The third-order valence-corrected chi connectivity index (χ3v) is 4.27. The number of benzene rings is 1. The molecule has 0 aliphatic heterocycles. The second-order valence-electron chi connectivity index (χ2n) is 4.36. The van der Waals surface area contributed by atoms with Gasteiger partial charge in [-0.1, -0.05) is 36.7 Å². The molecule has 18 heavy (non-hydrogen) atoms. The Labute approximate surface area is 118 Å². The molecule has 0 radical (unpaired) electrons. The van der Waals surface area contributed by atoms with E-state index in [1.807, 2.05) is 29.5 Å². The van der Waals surface area contributed by atoms with Gasteiger partial charge in [0.2, 0.25) is 0 Å². The van der Waals surface area contributed by atoms with E-state index in [1.165, 1.54) is 9.75 Å². The largest absolute Gasteiger partial charge is 0.306 e. The number of thiophene rings is 1. The maximum absolute atomic E-state index is 6.32. The van der Waals surface area contributed by atoms with Crippen molar-refractivity contribution in [3.05, 3.63) is 56.7 Å². The van der Waals surface area contributed by atoms with Gasteiger partial charge in [0.05, 0.1) is 6.04 Å². The summed E-state index contributed by atoms with van der Waals surface area (Å²) in [5.41, 5.74) is 1.16. The van der Waals surface area contributed by atoms with Crippen LogP contribution in [-0.2, 0) is 0 Å². The number of hydrogen-bond acceptors (Lipinski definition) is 2. The molecule has 2 aromatic rings. The minimum Gasteiger partial charge on any atom is -0.306 e.